The Bertz CT molecular complexity index is 48.3. The number of hydrogen-bond donors (Lipinski definition) is 0. The first-order chi connectivity index (χ1) is 0. The standard InChI is InChI=1S/100Cr.10Ni. The fourth-order valence-electron chi connectivity index (χ4n) is 0. The van der Waals surface area contributed by atoms with Crippen molar-refractivity contribution in [3.8, 4) is 0 Å². The molecule has 0 saturated heterocycles. The zero-order valence-corrected chi connectivity index (χ0v) is 181. The molecule has 0 radical (unpaired) electrons. The molecule has 0 aliphatic carbocycles. The van der Waals surface area contributed by atoms with Crippen LogP contribution in [0.1, 0.15) is 0 Å². The van der Waals surface area contributed by atoms with Crippen LogP contribution in [0.15, 0.2) is 0 Å². The summed E-state index contributed by atoms with van der Waals surface area (Å²) < 4.78 is 0. The molecule has 0 heterocycles. The van der Waals surface area contributed by atoms with Gasteiger partial charge in [0.05, 0.1) is 0 Å². The van der Waals surface area contributed by atoms with E-state index < -0.39 is 0 Å². The summed E-state index contributed by atoms with van der Waals surface area (Å²) in [6, 6.07) is 0. The molecule has 700 valence electrons. The van der Waals surface area contributed by atoms with Crippen LogP contribution in [-0.4, -0.2) is 0 Å². The van der Waals surface area contributed by atoms with Gasteiger partial charge in [-0.2, -0.15) is 0 Å². The van der Waals surface area contributed by atoms with Gasteiger partial charge < -0.3 is 0 Å². The molecule has 0 rings (SSSR count). The van der Waals surface area contributed by atoms with Gasteiger partial charge in [0.2, 0.25) is 0 Å². The molecule has 0 aromatic carbocycles. The van der Waals surface area contributed by atoms with E-state index in [0.717, 1.165) is 0 Å². The molecule has 0 saturated carbocycles. The summed E-state index contributed by atoms with van der Waals surface area (Å²) in [5.74, 6) is 0. The van der Waals surface area contributed by atoms with Crippen LogP contribution in [0.3, 0.4) is 0 Å². The Labute approximate surface area is 1850 Å². The van der Waals surface area contributed by atoms with Crippen LogP contribution in [-0.2, 0) is 1900 Å². The van der Waals surface area contributed by atoms with Gasteiger partial charge in [0, 0.05) is 1900 Å². The molecule has 0 aromatic rings. The molecule has 0 N–H and O–H groups in total. The Morgan fingerprint density at radius 3 is 0.0182 bits per heavy atom. The van der Waals surface area contributed by atoms with Crippen LogP contribution < -0.4 is 0 Å². The van der Waals surface area contributed by atoms with Gasteiger partial charge in [0.15, 0.2) is 0 Å². The smallest absolute Gasteiger partial charge is 0 e. The average Bonchev–Trinajstić information content (AvgIpc) is 0. The van der Waals surface area contributed by atoms with Gasteiger partial charge >= 0.3 is 0 Å². The first kappa shape index (κ1) is 1390. The third-order valence-corrected chi connectivity index (χ3v) is 0. The third-order valence-electron chi connectivity index (χ3n) is 0. The van der Waals surface area contributed by atoms with Crippen molar-refractivity contribution in [3.05, 3.63) is 0 Å². The molecule has 0 unspecified atom stereocenters. The van der Waals surface area contributed by atoms with Crippen LogP contribution in [0.2, 0.25) is 0 Å². The fraction of sp³-hybridized carbons (Fsp3) is 0. The van der Waals surface area contributed by atoms with E-state index in [1.807, 2.05) is 0 Å². The quantitative estimate of drug-likeness (QED) is 0.294. The minimum Gasteiger partial charge on any atom is 0 e. The van der Waals surface area contributed by atoms with E-state index in [0.29, 0.717) is 0 Å². The second-order valence-electron chi connectivity index (χ2n) is 0. The predicted octanol–water partition coefficient (Wildman–Crippen LogP) is -0.275. The van der Waals surface area contributed by atoms with E-state index in [2.05, 4.69) is 0 Å². The monoisotopic (exact) mass is 5770 g/mol. The van der Waals surface area contributed by atoms with Gasteiger partial charge in [-0.05, 0) is 0 Å². The molecule has 0 aromatic heterocycles. The van der Waals surface area contributed by atoms with Crippen molar-refractivity contribution in [1.29, 1.82) is 0 Å². The Morgan fingerprint density at radius 1 is 0.0182 bits per heavy atom. The van der Waals surface area contributed by atoms with Gasteiger partial charge in [0.1, 0.15) is 0 Å². The zero-order valence-electron chi connectivity index (χ0n) is 44.0. The first-order valence-electron chi connectivity index (χ1n) is 0. The van der Waals surface area contributed by atoms with Gasteiger partial charge in [-0.25, -0.2) is 0 Å². The molecule has 110 heavy (non-hydrogen) atoms. The summed E-state index contributed by atoms with van der Waals surface area (Å²) in [4.78, 5) is 0. The van der Waals surface area contributed by atoms with Gasteiger partial charge in [-0.3, -0.25) is 0 Å². The van der Waals surface area contributed by atoms with Gasteiger partial charge in [0.25, 0.3) is 0 Å². The molecule has 0 aliphatic rings. The van der Waals surface area contributed by atoms with E-state index in [9.17, 15) is 0 Å². The molecule has 0 atom stereocenters. The van der Waals surface area contributed by atoms with Gasteiger partial charge in [-0.1, -0.05) is 0 Å². The number of rotatable bonds is 0. The molecular weight excluding hydrogens is 5790 g/mol. The molecule has 0 spiro atoms. The minimum atomic E-state index is 0. The van der Waals surface area contributed by atoms with Crippen LogP contribution in [0, 0.1) is 0 Å². The van der Waals surface area contributed by atoms with Crippen molar-refractivity contribution in [2.45, 2.75) is 0 Å². The SMILES string of the molecule is [Cr].[Cr].[Cr].[Cr].[Cr].[Cr].[Cr].[Cr].[Cr].[Cr].[Cr].[Cr].[Cr].[Cr].[Cr].[Cr].[Cr].[Cr].[Cr].[Cr].[Cr].[Cr].[Cr].[Cr].[Cr].[Cr].[Cr].[Cr].[Cr].[Cr].[Cr].[Cr].[Cr].[Cr].[Cr].[Cr].[Cr].[Cr].[Cr].[Cr].[Cr].[Cr].[Cr].[Cr].[Cr].[Cr].[Cr].[Cr].[Cr].[Cr].[Cr].[Cr].[Cr].[Cr].[Cr].[Cr].[Cr].[Cr].[Cr].[Cr].[Cr].[Cr].[Cr].[Cr].[Cr].[Cr].[Cr].[Cr].[Cr].[Cr].[Cr].[Cr].[Cr].[Cr].[Cr].[Cr].[Cr].[Cr].[Cr].[Cr].[Cr].[Cr].[Cr].[Cr].[Cr].[Cr].[Cr].[Cr].[Cr].[Cr].[Cr].[Cr].[Cr].[Cr].[Cr].[Cr].[Cr].[Cr].[Cr].[Cr].[Ni].[Ni].[Ni].[Ni].[Ni].[Ni].[Ni].[Ni].[Ni].[Ni]. The van der Waals surface area contributed by atoms with Crippen molar-refractivity contribution in [1.82, 2.24) is 0 Å². The maximum atomic E-state index is 0. The molecule has 0 fully saturated rings. The van der Waals surface area contributed by atoms with E-state index in [1.165, 1.54) is 0 Å². The van der Waals surface area contributed by atoms with Crippen molar-refractivity contribution < 1.29 is 1900 Å². The normalized spacial score (nSPS) is 0. The minimum absolute atomic E-state index is 0. The molecule has 0 amide bonds. The third kappa shape index (κ3) is 1340. The van der Waals surface area contributed by atoms with Crippen LogP contribution in [0.4, 0.5) is 0 Å². The van der Waals surface area contributed by atoms with E-state index in [-0.39, 0.29) is 1900 Å². The van der Waals surface area contributed by atoms with Crippen molar-refractivity contribution in [3.63, 3.8) is 0 Å². The van der Waals surface area contributed by atoms with Crippen molar-refractivity contribution in [2.24, 2.45) is 0 Å². The summed E-state index contributed by atoms with van der Waals surface area (Å²) in [6.45, 7) is 0. The Balaban J connectivity index is 0. The van der Waals surface area contributed by atoms with Crippen LogP contribution in [0.25, 0.3) is 0 Å². The molecule has 110 heteroatoms. The Kier molecular flexibility index (Phi) is 17200. The van der Waals surface area contributed by atoms with Crippen LogP contribution >= 0.6 is 0 Å². The topological polar surface area (TPSA) is 0 Å². The Hall–Kier alpha value is 58.2. The molecular formula is Cr100Ni10. The summed E-state index contributed by atoms with van der Waals surface area (Å²) in [5, 5.41) is 0. The first-order valence-corrected chi connectivity index (χ1v) is 0. The number of hydrogen-bond acceptors (Lipinski definition) is 0. The van der Waals surface area contributed by atoms with E-state index >= 15 is 0 Å². The maximum Gasteiger partial charge on any atom is 0 e. The summed E-state index contributed by atoms with van der Waals surface area (Å²) in [7, 11) is 0. The summed E-state index contributed by atoms with van der Waals surface area (Å²) in [5.41, 5.74) is 0. The predicted molar refractivity (Wildman–Crippen MR) is 0 cm³/mol. The largest absolute Gasteiger partial charge is 0 e. The van der Waals surface area contributed by atoms with Gasteiger partial charge in [-0.15, -0.1) is 0 Å². The van der Waals surface area contributed by atoms with Crippen molar-refractivity contribution in [2.75, 3.05) is 0 Å². The molecule has 0 bridgehead atoms. The fourth-order valence-corrected chi connectivity index (χ4v) is 0. The summed E-state index contributed by atoms with van der Waals surface area (Å²) >= 11 is 0. The molecule has 0 nitrogen and oxygen atoms in total. The van der Waals surface area contributed by atoms with Crippen LogP contribution in [0.5, 0.6) is 0 Å². The van der Waals surface area contributed by atoms with E-state index in [4.69, 9.17) is 0 Å². The Morgan fingerprint density at radius 2 is 0.0182 bits per heavy atom. The van der Waals surface area contributed by atoms with E-state index in [1.54, 1.807) is 0 Å². The maximum absolute atomic E-state index is 0. The summed E-state index contributed by atoms with van der Waals surface area (Å²) in [6.07, 6.45) is 0. The second kappa shape index (κ2) is 1360. The zero-order chi connectivity index (χ0) is 0. The molecule has 0 aliphatic heterocycles. The second-order valence-corrected chi connectivity index (χ2v) is 0. The van der Waals surface area contributed by atoms with Crippen molar-refractivity contribution >= 4 is 0 Å². The average molecular weight is 5790 g/mol.